The Morgan fingerprint density at radius 1 is 0.854 bits per heavy atom. The zero-order valence-electron chi connectivity index (χ0n) is 25.0. The maximum Gasteiger partial charge on any atom is 0.257 e. The fraction of sp³-hybridized carbons (Fsp3) is 0.583. The molecule has 5 rings (SSSR count). The SMILES string of the molecule is CN1C(=O)[C@@](CCC2CCCCC2)(C[C@H]2CCC[C@@H](CCCCC(=O)c3ccc(-c4ccccc4)cc3)C2)N=C1N. The topological polar surface area (TPSA) is 75.8 Å². The van der Waals surface area contributed by atoms with Crippen molar-refractivity contribution in [2.75, 3.05) is 7.05 Å². The van der Waals surface area contributed by atoms with Crippen molar-refractivity contribution in [1.82, 2.24) is 4.90 Å². The number of benzene rings is 2. The van der Waals surface area contributed by atoms with Crippen molar-refractivity contribution in [2.45, 2.75) is 108 Å². The van der Waals surface area contributed by atoms with Crippen LogP contribution in [0.25, 0.3) is 11.1 Å². The molecule has 2 N–H and O–H groups in total. The second kappa shape index (κ2) is 13.8. The molecule has 2 fully saturated rings. The molecule has 5 heteroatoms. The lowest BCUT2D eigenvalue weighted by Crippen LogP contribution is -2.44. The average Bonchev–Trinajstić information content (AvgIpc) is 3.22. The van der Waals surface area contributed by atoms with Gasteiger partial charge in [-0.05, 0) is 61.0 Å². The number of carbonyl (C=O) groups excluding carboxylic acids is 2. The second-order valence-electron chi connectivity index (χ2n) is 13.1. The van der Waals surface area contributed by atoms with Crippen LogP contribution in [-0.4, -0.2) is 35.1 Å². The lowest BCUT2D eigenvalue weighted by molar-refractivity contribution is -0.131. The number of hydrogen-bond donors (Lipinski definition) is 1. The van der Waals surface area contributed by atoms with Crippen LogP contribution in [0, 0.1) is 17.8 Å². The number of unbranched alkanes of at least 4 members (excludes halogenated alkanes) is 1. The summed E-state index contributed by atoms with van der Waals surface area (Å²) in [5.41, 5.74) is 8.67. The third kappa shape index (κ3) is 7.47. The van der Waals surface area contributed by atoms with E-state index in [1.54, 1.807) is 11.9 Å². The Hall–Kier alpha value is -2.95. The Labute approximate surface area is 247 Å². The first-order valence-corrected chi connectivity index (χ1v) is 16.3. The molecule has 0 radical (unpaired) electrons. The molecule has 2 aromatic carbocycles. The van der Waals surface area contributed by atoms with E-state index < -0.39 is 5.54 Å². The number of guanidine groups is 1. The van der Waals surface area contributed by atoms with Crippen LogP contribution in [0.2, 0.25) is 0 Å². The molecule has 0 spiro atoms. The second-order valence-corrected chi connectivity index (χ2v) is 13.1. The molecule has 5 nitrogen and oxygen atoms in total. The molecule has 1 amide bonds. The zero-order valence-corrected chi connectivity index (χ0v) is 25.0. The number of nitrogens with two attached hydrogens (primary N) is 1. The number of likely N-dealkylation sites (N-methyl/N-ethyl adjacent to an activating group) is 1. The molecule has 2 aliphatic carbocycles. The molecular formula is C36H49N3O2. The van der Waals surface area contributed by atoms with Crippen LogP contribution < -0.4 is 5.73 Å². The number of aliphatic imine (C=N–C) groups is 1. The van der Waals surface area contributed by atoms with Gasteiger partial charge in [-0.15, -0.1) is 0 Å². The van der Waals surface area contributed by atoms with Crippen molar-refractivity contribution < 1.29 is 9.59 Å². The lowest BCUT2D eigenvalue weighted by atomic mass is 9.72. The van der Waals surface area contributed by atoms with E-state index in [9.17, 15) is 9.59 Å². The van der Waals surface area contributed by atoms with Gasteiger partial charge in [0.25, 0.3) is 5.91 Å². The van der Waals surface area contributed by atoms with E-state index in [0.717, 1.165) is 49.1 Å². The number of Topliss-reactive ketones (excluding diaryl/α,β-unsaturated/α-hetero) is 1. The van der Waals surface area contributed by atoms with Gasteiger partial charge in [-0.3, -0.25) is 14.5 Å². The number of amides is 1. The first-order valence-electron chi connectivity index (χ1n) is 16.3. The highest BCUT2D eigenvalue weighted by molar-refractivity contribution is 6.06. The van der Waals surface area contributed by atoms with Crippen molar-refractivity contribution in [2.24, 2.45) is 28.5 Å². The number of carbonyl (C=O) groups is 2. The molecule has 2 aromatic rings. The maximum atomic E-state index is 13.4. The highest BCUT2D eigenvalue weighted by Crippen LogP contribution is 2.42. The van der Waals surface area contributed by atoms with Gasteiger partial charge < -0.3 is 5.73 Å². The largest absolute Gasteiger partial charge is 0.369 e. The molecule has 3 atom stereocenters. The van der Waals surface area contributed by atoms with Crippen LogP contribution in [0.1, 0.15) is 113 Å². The fourth-order valence-corrected chi connectivity index (χ4v) is 7.74. The molecule has 0 saturated heterocycles. The van der Waals surface area contributed by atoms with Gasteiger partial charge in [0.05, 0.1) is 0 Å². The van der Waals surface area contributed by atoms with Gasteiger partial charge in [0.1, 0.15) is 5.54 Å². The van der Waals surface area contributed by atoms with Gasteiger partial charge in [-0.25, -0.2) is 4.99 Å². The van der Waals surface area contributed by atoms with Crippen molar-refractivity contribution in [1.29, 1.82) is 0 Å². The smallest absolute Gasteiger partial charge is 0.257 e. The Bertz CT molecular complexity index is 1190. The first-order chi connectivity index (χ1) is 19.9. The van der Waals surface area contributed by atoms with Crippen molar-refractivity contribution >= 4 is 17.6 Å². The Balaban J connectivity index is 1.09. The summed E-state index contributed by atoms with van der Waals surface area (Å²) in [7, 11) is 1.78. The van der Waals surface area contributed by atoms with E-state index in [1.807, 2.05) is 30.3 Å². The molecule has 220 valence electrons. The normalized spacial score (nSPS) is 25.3. The fourth-order valence-electron chi connectivity index (χ4n) is 7.74. The molecule has 2 saturated carbocycles. The monoisotopic (exact) mass is 555 g/mol. The maximum absolute atomic E-state index is 13.4. The van der Waals surface area contributed by atoms with Crippen molar-refractivity contribution in [3.05, 3.63) is 60.2 Å². The minimum atomic E-state index is -0.648. The predicted octanol–water partition coefficient (Wildman–Crippen LogP) is 8.18. The van der Waals surface area contributed by atoms with Gasteiger partial charge in [-0.2, -0.15) is 0 Å². The van der Waals surface area contributed by atoms with Crippen molar-refractivity contribution in [3.8, 4) is 11.1 Å². The van der Waals surface area contributed by atoms with Crippen LogP contribution in [-0.2, 0) is 4.79 Å². The quantitative estimate of drug-likeness (QED) is 0.212. The van der Waals surface area contributed by atoms with Crippen LogP contribution in [0.4, 0.5) is 0 Å². The molecule has 3 aliphatic rings. The Kier molecular flexibility index (Phi) is 9.95. The van der Waals surface area contributed by atoms with E-state index in [4.69, 9.17) is 10.7 Å². The highest BCUT2D eigenvalue weighted by atomic mass is 16.2. The molecule has 0 aromatic heterocycles. The summed E-state index contributed by atoms with van der Waals surface area (Å²) in [6.45, 7) is 0. The Morgan fingerprint density at radius 2 is 1.54 bits per heavy atom. The van der Waals surface area contributed by atoms with Gasteiger partial charge in [-0.1, -0.05) is 119 Å². The van der Waals surface area contributed by atoms with Gasteiger partial charge >= 0.3 is 0 Å². The van der Waals surface area contributed by atoms with Gasteiger partial charge in [0.15, 0.2) is 11.7 Å². The van der Waals surface area contributed by atoms with Crippen LogP contribution in [0.5, 0.6) is 0 Å². The van der Waals surface area contributed by atoms with Crippen LogP contribution >= 0.6 is 0 Å². The molecule has 0 unspecified atom stereocenters. The zero-order chi connectivity index (χ0) is 28.7. The van der Waals surface area contributed by atoms with Crippen LogP contribution in [0.3, 0.4) is 0 Å². The summed E-state index contributed by atoms with van der Waals surface area (Å²) in [4.78, 5) is 32.7. The summed E-state index contributed by atoms with van der Waals surface area (Å²) < 4.78 is 0. The summed E-state index contributed by atoms with van der Waals surface area (Å²) in [6.07, 6.45) is 18.0. The summed E-state index contributed by atoms with van der Waals surface area (Å²) >= 11 is 0. The molecular weight excluding hydrogens is 506 g/mol. The van der Waals surface area contributed by atoms with E-state index in [1.165, 1.54) is 69.8 Å². The highest BCUT2D eigenvalue weighted by Gasteiger charge is 2.47. The predicted molar refractivity (Wildman–Crippen MR) is 168 cm³/mol. The van der Waals surface area contributed by atoms with E-state index in [0.29, 0.717) is 24.2 Å². The number of rotatable bonds is 12. The molecule has 41 heavy (non-hydrogen) atoms. The average molecular weight is 556 g/mol. The third-order valence-electron chi connectivity index (χ3n) is 10.2. The summed E-state index contributed by atoms with van der Waals surface area (Å²) in [5.74, 6) is 2.69. The number of hydrogen-bond acceptors (Lipinski definition) is 4. The molecule has 0 bridgehead atoms. The Morgan fingerprint density at radius 3 is 2.24 bits per heavy atom. The van der Waals surface area contributed by atoms with Crippen molar-refractivity contribution in [3.63, 3.8) is 0 Å². The third-order valence-corrected chi connectivity index (χ3v) is 10.2. The lowest BCUT2D eigenvalue weighted by Gasteiger charge is -2.35. The van der Waals surface area contributed by atoms with E-state index in [-0.39, 0.29) is 11.7 Å². The summed E-state index contributed by atoms with van der Waals surface area (Å²) in [5, 5.41) is 0. The number of ketones is 1. The minimum Gasteiger partial charge on any atom is -0.369 e. The van der Waals surface area contributed by atoms with Gasteiger partial charge in [0.2, 0.25) is 0 Å². The van der Waals surface area contributed by atoms with E-state index >= 15 is 0 Å². The molecule has 1 aliphatic heterocycles. The standard InChI is InChI=1S/C36H49N3O2/c1-39-34(41)36(38-35(39)37,24-23-27-11-4-2-5-12-27)26-29-15-10-14-28(25-29)13-8-9-18-33(40)32-21-19-31(20-22-32)30-16-6-3-7-17-30/h3,6-7,16-17,19-22,27-29H,2,4-5,8-15,18,23-26H2,1H3,(H2,37,38)/t28-,29+,36-/m1/s1. The van der Waals surface area contributed by atoms with Crippen LogP contribution in [0.15, 0.2) is 59.6 Å². The molecule has 1 heterocycles. The van der Waals surface area contributed by atoms with Gasteiger partial charge in [0, 0.05) is 19.0 Å². The van der Waals surface area contributed by atoms with E-state index in [2.05, 4.69) is 24.3 Å². The minimum absolute atomic E-state index is 0.114. The first kappa shape index (κ1) is 29.5. The number of nitrogens with zero attached hydrogens (tertiary/aromatic N) is 2. The summed E-state index contributed by atoms with van der Waals surface area (Å²) in [6, 6.07) is 18.3.